The van der Waals surface area contributed by atoms with Crippen molar-refractivity contribution in [1.82, 2.24) is 34.9 Å². The first-order chi connectivity index (χ1) is 11.7. The third-order valence-electron chi connectivity index (χ3n) is 3.81. The second-order valence-corrected chi connectivity index (χ2v) is 5.78. The van der Waals surface area contributed by atoms with Crippen LogP contribution in [0.5, 0.6) is 0 Å². The first kappa shape index (κ1) is 14.6. The predicted molar refractivity (Wildman–Crippen MR) is 87.3 cm³/mol. The highest BCUT2D eigenvalue weighted by Gasteiger charge is 2.18. The Labute approximate surface area is 137 Å². The van der Waals surface area contributed by atoms with E-state index in [2.05, 4.69) is 37.3 Å². The molecule has 0 atom stereocenters. The van der Waals surface area contributed by atoms with Crippen molar-refractivity contribution < 1.29 is 4.52 Å². The van der Waals surface area contributed by atoms with Gasteiger partial charge in [0.25, 0.3) is 5.89 Å². The lowest BCUT2D eigenvalue weighted by Gasteiger charge is -2.00. The second kappa shape index (κ2) is 5.55. The Morgan fingerprint density at radius 2 is 2.08 bits per heavy atom. The molecule has 0 saturated carbocycles. The lowest BCUT2D eigenvalue weighted by molar-refractivity contribution is 0.431. The highest BCUT2D eigenvalue weighted by Crippen LogP contribution is 2.24. The van der Waals surface area contributed by atoms with Crippen molar-refractivity contribution in [3.8, 4) is 23.0 Å². The predicted octanol–water partition coefficient (Wildman–Crippen LogP) is 2.74. The normalized spacial score (nSPS) is 11.5. The maximum atomic E-state index is 5.37. The van der Waals surface area contributed by atoms with Crippen molar-refractivity contribution in [3.05, 3.63) is 35.4 Å². The molecule has 8 nitrogen and oxygen atoms in total. The zero-order valence-corrected chi connectivity index (χ0v) is 13.7. The molecule has 4 rings (SSSR count). The SMILES string of the molecule is CCCc1cc(-c2nc(-c3cnn4c(C)cc(C)nc34)no2)n[nH]1. The largest absolute Gasteiger partial charge is 0.332 e. The average molecular weight is 323 g/mol. The van der Waals surface area contributed by atoms with Crippen LogP contribution in [-0.4, -0.2) is 34.9 Å². The number of H-pyrrole nitrogens is 1. The molecule has 0 aliphatic rings. The summed E-state index contributed by atoms with van der Waals surface area (Å²) in [4.78, 5) is 8.99. The third kappa shape index (κ3) is 2.36. The van der Waals surface area contributed by atoms with Crippen LogP contribution in [0.2, 0.25) is 0 Å². The molecule has 0 aliphatic carbocycles. The lowest BCUT2D eigenvalue weighted by Crippen LogP contribution is -1.97. The Morgan fingerprint density at radius 1 is 1.21 bits per heavy atom. The zero-order valence-electron chi connectivity index (χ0n) is 13.7. The number of nitrogens with zero attached hydrogens (tertiary/aromatic N) is 6. The minimum absolute atomic E-state index is 0.382. The van der Waals surface area contributed by atoms with Crippen LogP contribution in [0.25, 0.3) is 28.6 Å². The summed E-state index contributed by atoms with van der Waals surface area (Å²) in [5.74, 6) is 0.838. The van der Waals surface area contributed by atoms with E-state index in [-0.39, 0.29) is 0 Å². The van der Waals surface area contributed by atoms with Gasteiger partial charge in [0.05, 0.1) is 11.8 Å². The van der Waals surface area contributed by atoms with E-state index in [1.807, 2.05) is 26.0 Å². The van der Waals surface area contributed by atoms with Crippen LogP contribution in [-0.2, 0) is 6.42 Å². The van der Waals surface area contributed by atoms with Gasteiger partial charge in [-0.3, -0.25) is 5.10 Å². The molecule has 4 aromatic heterocycles. The number of rotatable bonds is 4. The fourth-order valence-corrected chi connectivity index (χ4v) is 2.73. The zero-order chi connectivity index (χ0) is 16.7. The van der Waals surface area contributed by atoms with Gasteiger partial charge in [0.2, 0.25) is 5.82 Å². The summed E-state index contributed by atoms with van der Waals surface area (Å²) in [6.07, 6.45) is 3.68. The molecule has 0 aliphatic heterocycles. The summed E-state index contributed by atoms with van der Waals surface area (Å²) in [7, 11) is 0. The lowest BCUT2D eigenvalue weighted by atomic mass is 10.2. The van der Waals surface area contributed by atoms with Crippen LogP contribution in [0.15, 0.2) is 22.9 Å². The van der Waals surface area contributed by atoms with Crippen molar-refractivity contribution >= 4 is 5.65 Å². The molecule has 4 aromatic rings. The summed E-state index contributed by atoms with van der Waals surface area (Å²) < 4.78 is 7.14. The Balaban J connectivity index is 1.75. The van der Waals surface area contributed by atoms with Crippen molar-refractivity contribution in [3.63, 3.8) is 0 Å². The first-order valence-corrected chi connectivity index (χ1v) is 7.86. The number of nitrogens with one attached hydrogen (secondary N) is 1. The molecule has 0 bridgehead atoms. The van der Waals surface area contributed by atoms with Gasteiger partial charge in [-0.25, -0.2) is 9.50 Å². The highest BCUT2D eigenvalue weighted by atomic mass is 16.5. The smallest absolute Gasteiger partial charge is 0.278 e. The minimum Gasteiger partial charge on any atom is -0.332 e. The van der Waals surface area contributed by atoms with Gasteiger partial charge >= 0.3 is 0 Å². The number of aromatic amines is 1. The quantitative estimate of drug-likeness (QED) is 0.620. The molecule has 0 aromatic carbocycles. The molecule has 0 radical (unpaired) electrons. The van der Waals surface area contributed by atoms with Gasteiger partial charge in [0.15, 0.2) is 11.3 Å². The van der Waals surface area contributed by atoms with Crippen molar-refractivity contribution in [2.75, 3.05) is 0 Å². The summed E-state index contributed by atoms with van der Waals surface area (Å²) in [5, 5.41) is 15.6. The molecule has 1 N–H and O–H groups in total. The van der Waals surface area contributed by atoms with Crippen LogP contribution >= 0.6 is 0 Å². The maximum Gasteiger partial charge on any atom is 0.278 e. The van der Waals surface area contributed by atoms with Gasteiger partial charge in [-0.05, 0) is 32.4 Å². The van der Waals surface area contributed by atoms with E-state index in [9.17, 15) is 0 Å². The van der Waals surface area contributed by atoms with E-state index in [0.29, 0.717) is 23.1 Å². The number of fused-ring (bicyclic) bond motifs is 1. The van der Waals surface area contributed by atoms with Gasteiger partial charge in [-0.1, -0.05) is 18.5 Å². The third-order valence-corrected chi connectivity index (χ3v) is 3.81. The molecule has 8 heteroatoms. The van der Waals surface area contributed by atoms with Crippen molar-refractivity contribution in [2.45, 2.75) is 33.6 Å². The standard InChI is InChI=1S/C16H17N7O/c1-4-5-11-7-13(21-20-11)16-19-14(22-24-16)12-8-17-23-10(3)6-9(2)18-15(12)23/h6-8H,4-5H2,1-3H3,(H,20,21). The molecule has 0 fully saturated rings. The molecular formula is C16H17N7O. The Kier molecular flexibility index (Phi) is 3.37. The summed E-state index contributed by atoms with van der Waals surface area (Å²) >= 11 is 0. The average Bonchev–Trinajstić information content (AvgIpc) is 3.24. The number of hydrogen-bond donors (Lipinski definition) is 1. The monoisotopic (exact) mass is 323 g/mol. The van der Waals surface area contributed by atoms with Gasteiger partial charge in [0.1, 0.15) is 0 Å². The minimum atomic E-state index is 0.382. The Bertz CT molecular complexity index is 1010. The van der Waals surface area contributed by atoms with E-state index >= 15 is 0 Å². The molecule has 0 unspecified atom stereocenters. The van der Waals surface area contributed by atoms with Crippen LogP contribution in [0.4, 0.5) is 0 Å². The van der Waals surface area contributed by atoms with E-state index in [1.54, 1.807) is 10.7 Å². The number of aryl methyl sites for hydroxylation is 3. The Hall–Kier alpha value is -3.03. The molecule has 122 valence electrons. The topological polar surface area (TPSA) is 97.8 Å². The van der Waals surface area contributed by atoms with Crippen molar-refractivity contribution in [2.24, 2.45) is 0 Å². The second-order valence-electron chi connectivity index (χ2n) is 5.78. The molecule has 24 heavy (non-hydrogen) atoms. The maximum absolute atomic E-state index is 5.37. The Morgan fingerprint density at radius 3 is 2.92 bits per heavy atom. The van der Waals surface area contributed by atoms with Gasteiger partial charge in [0, 0.05) is 17.1 Å². The number of aromatic nitrogens is 7. The molecular weight excluding hydrogens is 306 g/mol. The van der Waals surface area contributed by atoms with Crippen molar-refractivity contribution in [1.29, 1.82) is 0 Å². The summed E-state index contributed by atoms with van der Waals surface area (Å²) in [5.41, 5.74) is 5.07. The fourth-order valence-electron chi connectivity index (χ4n) is 2.73. The van der Waals surface area contributed by atoms with Crippen LogP contribution in [0.1, 0.15) is 30.4 Å². The van der Waals surface area contributed by atoms with Gasteiger partial charge < -0.3 is 4.52 Å². The summed E-state index contributed by atoms with van der Waals surface area (Å²) in [6.45, 7) is 6.05. The van der Waals surface area contributed by atoms with Gasteiger partial charge in [-0.15, -0.1) is 0 Å². The fraction of sp³-hybridized carbons (Fsp3) is 0.312. The molecule has 4 heterocycles. The van der Waals surface area contributed by atoms with E-state index in [4.69, 9.17) is 4.52 Å². The van der Waals surface area contributed by atoms with Crippen LogP contribution in [0, 0.1) is 13.8 Å². The first-order valence-electron chi connectivity index (χ1n) is 7.86. The number of hydrogen-bond acceptors (Lipinski definition) is 6. The van der Waals surface area contributed by atoms with Crippen LogP contribution in [0.3, 0.4) is 0 Å². The molecule has 0 amide bonds. The van der Waals surface area contributed by atoms with E-state index in [0.717, 1.165) is 35.5 Å². The van der Waals surface area contributed by atoms with E-state index < -0.39 is 0 Å². The molecule has 0 saturated heterocycles. The van der Waals surface area contributed by atoms with Gasteiger partial charge in [-0.2, -0.15) is 15.2 Å². The summed E-state index contributed by atoms with van der Waals surface area (Å²) in [6, 6.07) is 3.91. The highest BCUT2D eigenvalue weighted by molar-refractivity contribution is 5.72. The molecule has 0 spiro atoms. The van der Waals surface area contributed by atoms with Crippen LogP contribution < -0.4 is 0 Å². The van der Waals surface area contributed by atoms with E-state index in [1.165, 1.54) is 0 Å².